The normalized spacial score (nSPS) is 19.3. The summed E-state index contributed by atoms with van der Waals surface area (Å²) < 4.78 is 12.4. The first kappa shape index (κ1) is 26.6. The number of halogens is 1. The zero-order valence-electron chi connectivity index (χ0n) is 21.4. The molecule has 192 valence electrons. The molecular formula is C28H34BrN3O3S. The number of piperidine rings is 1. The highest BCUT2D eigenvalue weighted by atomic mass is 79.9. The van der Waals surface area contributed by atoms with Crippen molar-refractivity contribution in [1.29, 1.82) is 0 Å². The third kappa shape index (κ3) is 6.09. The number of ether oxygens (including phenoxy) is 2. The van der Waals surface area contributed by atoms with Crippen LogP contribution in [-0.2, 0) is 4.79 Å². The molecule has 0 spiro atoms. The molecule has 4 rings (SSSR count). The third-order valence-electron chi connectivity index (χ3n) is 6.44. The number of methoxy groups -OCH3 is 1. The topological polar surface area (TPSA) is 54.4 Å². The Morgan fingerprint density at radius 3 is 2.50 bits per heavy atom. The Bertz CT molecular complexity index is 1140. The van der Waals surface area contributed by atoms with E-state index >= 15 is 0 Å². The van der Waals surface area contributed by atoms with Crippen molar-refractivity contribution in [2.45, 2.75) is 52.6 Å². The number of carbonyl (C=O) groups is 1. The summed E-state index contributed by atoms with van der Waals surface area (Å²) in [5.41, 5.74) is 2.94. The van der Waals surface area contributed by atoms with Crippen LogP contribution in [0.15, 0.2) is 50.8 Å². The Hall–Kier alpha value is -2.45. The number of benzene rings is 2. The van der Waals surface area contributed by atoms with Gasteiger partial charge < -0.3 is 14.4 Å². The van der Waals surface area contributed by atoms with Gasteiger partial charge in [0.2, 0.25) is 0 Å². The largest absolute Gasteiger partial charge is 0.493 e. The number of rotatable bonds is 8. The number of aliphatic imine (C=N–C) groups is 1. The lowest BCUT2D eigenvalue weighted by atomic mass is 10.1. The van der Waals surface area contributed by atoms with Crippen molar-refractivity contribution < 1.29 is 14.3 Å². The van der Waals surface area contributed by atoms with Crippen molar-refractivity contribution in [3.05, 3.63) is 51.3 Å². The third-order valence-corrected chi connectivity index (χ3v) is 8.04. The van der Waals surface area contributed by atoms with Crippen LogP contribution < -0.4 is 14.4 Å². The van der Waals surface area contributed by atoms with Crippen LogP contribution in [0.5, 0.6) is 11.5 Å². The molecule has 6 nitrogen and oxygen atoms in total. The molecule has 2 aliphatic rings. The summed E-state index contributed by atoms with van der Waals surface area (Å²) in [5.74, 6) is 1.26. The van der Waals surface area contributed by atoms with Crippen LogP contribution in [0.25, 0.3) is 6.08 Å². The number of hydrogen-bond acceptors (Lipinski definition) is 6. The van der Waals surface area contributed by atoms with Gasteiger partial charge in [-0.3, -0.25) is 9.69 Å². The van der Waals surface area contributed by atoms with Crippen LogP contribution in [0.1, 0.15) is 52.0 Å². The van der Waals surface area contributed by atoms with E-state index in [0.29, 0.717) is 28.1 Å². The number of amides is 1. The summed E-state index contributed by atoms with van der Waals surface area (Å²) in [4.78, 5) is 22.8. The van der Waals surface area contributed by atoms with E-state index < -0.39 is 0 Å². The molecule has 1 amide bonds. The molecule has 36 heavy (non-hydrogen) atoms. The van der Waals surface area contributed by atoms with Gasteiger partial charge in [0, 0.05) is 25.3 Å². The molecule has 0 saturated carbocycles. The second kappa shape index (κ2) is 12.2. The van der Waals surface area contributed by atoms with Crippen LogP contribution >= 0.6 is 27.7 Å². The highest BCUT2D eigenvalue weighted by Gasteiger charge is 2.32. The van der Waals surface area contributed by atoms with E-state index in [1.54, 1.807) is 12.0 Å². The number of likely N-dealkylation sites (N-methyl/N-ethyl adjacent to an activating group) is 1. The van der Waals surface area contributed by atoms with E-state index in [9.17, 15) is 4.79 Å². The molecule has 2 saturated heterocycles. The van der Waals surface area contributed by atoms with Gasteiger partial charge in [-0.15, -0.1) is 0 Å². The summed E-state index contributed by atoms with van der Waals surface area (Å²) in [5, 5.41) is 0.697. The molecule has 2 aromatic rings. The average Bonchev–Trinajstić information content (AvgIpc) is 3.19. The molecule has 0 N–H and O–H groups in total. The zero-order chi connectivity index (χ0) is 25.7. The van der Waals surface area contributed by atoms with Gasteiger partial charge in [-0.25, -0.2) is 4.99 Å². The highest BCUT2D eigenvalue weighted by molar-refractivity contribution is 9.10. The second-order valence-electron chi connectivity index (χ2n) is 8.99. The first-order chi connectivity index (χ1) is 17.4. The van der Waals surface area contributed by atoms with E-state index in [-0.39, 0.29) is 12.0 Å². The minimum atomic E-state index is -0.0405. The molecule has 2 fully saturated rings. The standard InChI is InChI=1S/C28H34BrN3O3S/c1-5-19(3)35-26-23(29)16-20(17-24(26)34-4)18-25-27(33)32(6-2)28(36-25)30-21-10-12-22(13-11-21)31-14-8-7-9-15-31/h10-13,16-19H,5-9,14-15H2,1-4H3/b25-18-,30-28?/t19-/m0/s1. The Balaban J connectivity index is 1.56. The van der Waals surface area contributed by atoms with Gasteiger partial charge in [0.1, 0.15) is 0 Å². The number of amidine groups is 1. The van der Waals surface area contributed by atoms with Crippen molar-refractivity contribution in [1.82, 2.24) is 4.90 Å². The number of hydrogen-bond donors (Lipinski definition) is 0. The van der Waals surface area contributed by atoms with Crippen LogP contribution in [-0.4, -0.2) is 48.8 Å². The highest BCUT2D eigenvalue weighted by Crippen LogP contribution is 2.40. The fraction of sp³-hybridized carbons (Fsp3) is 0.429. The first-order valence-corrected chi connectivity index (χ1v) is 14.2. The van der Waals surface area contributed by atoms with Crippen molar-refractivity contribution in [3.8, 4) is 11.5 Å². The van der Waals surface area contributed by atoms with Crippen molar-refractivity contribution in [2.24, 2.45) is 4.99 Å². The molecule has 0 radical (unpaired) electrons. The predicted octanol–water partition coefficient (Wildman–Crippen LogP) is 7.25. The molecular weight excluding hydrogens is 538 g/mol. The number of thioether (sulfide) groups is 1. The van der Waals surface area contributed by atoms with Crippen LogP contribution in [0.3, 0.4) is 0 Å². The lowest BCUT2D eigenvalue weighted by molar-refractivity contribution is -0.122. The Morgan fingerprint density at radius 1 is 1.14 bits per heavy atom. The van der Waals surface area contributed by atoms with E-state index in [2.05, 4.69) is 39.9 Å². The predicted molar refractivity (Wildman–Crippen MR) is 154 cm³/mol. The average molecular weight is 573 g/mol. The molecule has 8 heteroatoms. The van der Waals surface area contributed by atoms with Crippen LogP contribution in [0.4, 0.5) is 11.4 Å². The lowest BCUT2D eigenvalue weighted by Crippen LogP contribution is -2.29. The van der Waals surface area contributed by atoms with Crippen molar-refractivity contribution in [2.75, 3.05) is 31.6 Å². The van der Waals surface area contributed by atoms with Gasteiger partial charge in [0.25, 0.3) is 5.91 Å². The summed E-state index contributed by atoms with van der Waals surface area (Å²) >= 11 is 5.01. The Morgan fingerprint density at radius 2 is 1.86 bits per heavy atom. The van der Waals surface area contributed by atoms with Gasteiger partial charge in [0.15, 0.2) is 16.7 Å². The van der Waals surface area contributed by atoms with Gasteiger partial charge in [0.05, 0.1) is 28.3 Å². The minimum absolute atomic E-state index is 0.0405. The minimum Gasteiger partial charge on any atom is -0.493 e. The van der Waals surface area contributed by atoms with E-state index in [4.69, 9.17) is 14.5 Å². The van der Waals surface area contributed by atoms with Gasteiger partial charge in [-0.05, 0) is 115 Å². The van der Waals surface area contributed by atoms with Crippen LogP contribution in [0, 0.1) is 0 Å². The first-order valence-electron chi connectivity index (χ1n) is 12.6. The second-order valence-corrected chi connectivity index (χ2v) is 10.9. The molecule has 0 unspecified atom stereocenters. The summed E-state index contributed by atoms with van der Waals surface area (Å²) in [7, 11) is 1.62. The molecule has 2 aliphatic heterocycles. The molecule has 2 heterocycles. The van der Waals surface area contributed by atoms with E-state index in [1.807, 2.05) is 44.2 Å². The number of nitrogens with zero attached hydrogens (tertiary/aromatic N) is 3. The molecule has 0 aliphatic carbocycles. The molecule has 0 aromatic heterocycles. The summed E-state index contributed by atoms with van der Waals surface area (Å²) in [6.45, 7) is 8.86. The number of anilines is 1. The fourth-order valence-electron chi connectivity index (χ4n) is 4.24. The SMILES string of the molecule is CC[C@H](C)Oc1c(Br)cc(/C=C2\SC(=Nc3ccc(N4CCCCC4)cc3)N(CC)C2=O)cc1OC. The smallest absolute Gasteiger partial charge is 0.266 e. The monoisotopic (exact) mass is 571 g/mol. The van der Waals surface area contributed by atoms with E-state index in [1.165, 1.54) is 36.7 Å². The molecule has 1 atom stereocenters. The maximum absolute atomic E-state index is 13.2. The fourth-order valence-corrected chi connectivity index (χ4v) is 5.86. The van der Waals surface area contributed by atoms with Gasteiger partial charge in [-0.1, -0.05) is 6.92 Å². The van der Waals surface area contributed by atoms with Gasteiger partial charge >= 0.3 is 0 Å². The molecule has 0 bridgehead atoms. The van der Waals surface area contributed by atoms with Crippen molar-refractivity contribution in [3.63, 3.8) is 0 Å². The molecule has 2 aromatic carbocycles. The van der Waals surface area contributed by atoms with Crippen molar-refractivity contribution >= 4 is 56.2 Å². The lowest BCUT2D eigenvalue weighted by Gasteiger charge is -2.28. The van der Waals surface area contributed by atoms with E-state index in [0.717, 1.165) is 35.2 Å². The number of carbonyl (C=O) groups excluding carboxylic acids is 1. The van der Waals surface area contributed by atoms with Gasteiger partial charge in [-0.2, -0.15) is 0 Å². The zero-order valence-corrected chi connectivity index (χ0v) is 23.8. The summed E-state index contributed by atoms with van der Waals surface area (Å²) in [6.07, 6.45) is 6.66. The maximum Gasteiger partial charge on any atom is 0.266 e. The Kier molecular flexibility index (Phi) is 9.01. The maximum atomic E-state index is 13.2. The quantitative estimate of drug-likeness (QED) is 0.312. The Labute approximate surface area is 226 Å². The summed E-state index contributed by atoms with van der Waals surface area (Å²) in [6, 6.07) is 12.2. The van der Waals surface area contributed by atoms with Crippen LogP contribution in [0.2, 0.25) is 0 Å².